The normalized spacial score (nSPS) is 13.7. The number of sulfonamides is 1. The van der Waals surface area contributed by atoms with Crippen LogP contribution in [0.15, 0.2) is 45.8 Å². The Bertz CT molecular complexity index is 800. The van der Waals surface area contributed by atoms with E-state index in [0.717, 1.165) is 10.0 Å². The molecule has 1 heterocycles. The van der Waals surface area contributed by atoms with Crippen molar-refractivity contribution in [3.63, 3.8) is 0 Å². The molecule has 0 fully saturated rings. The summed E-state index contributed by atoms with van der Waals surface area (Å²) < 4.78 is 39.2. The molecule has 0 spiro atoms. The molecule has 0 saturated carbocycles. The summed E-state index contributed by atoms with van der Waals surface area (Å²) in [6.07, 6.45) is 0. The fourth-order valence-corrected chi connectivity index (χ4v) is 3.86. The molecule has 0 amide bonds. The largest absolute Gasteiger partial charge is 0.486 e. The minimum Gasteiger partial charge on any atom is -0.486 e. The SMILES string of the molecule is Cc1cc(Br)cc(NS(=O)(=O)c2ccc3c(c2)OCCO3)c1. The number of benzene rings is 2. The Morgan fingerprint density at radius 2 is 1.77 bits per heavy atom. The van der Waals surface area contributed by atoms with E-state index in [1.807, 2.05) is 13.0 Å². The second-order valence-corrected chi connectivity index (χ2v) is 7.53. The quantitative estimate of drug-likeness (QED) is 0.882. The molecule has 116 valence electrons. The molecule has 1 N–H and O–H groups in total. The minimum atomic E-state index is -3.69. The van der Waals surface area contributed by atoms with Crippen LogP contribution in [0.25, 0.3) is 0 Å². The number of halogens is 1. The lowest BCUT2D eigenvalue weighted by Crippen LogP contribution is -2.17. The van der Waals surface area contributed by atoms with Gasteiger partial charge in [0, 0.05) is 10.5 Å². The van der Waals surface area contributed by atoms with Crippen molar-refractivity contribution in [2.24, 2.45) is 0 Å². The first-order valence-electron chi connectivity index (χ1n) is 6.64. The number of hydrogen-bond acceptors (Lipinski definition) is 4. The molecule has 1 aliphatic rings. The molecular formula is C15H14BrNO4S. The summed E-state index contributed by atoms with van der Waals surface area (Å²) in [5.74, 6) is 1.00. The van der Waals surface area contributed by atoms with Crippen LogP contribution in [0, 0.1) is 6.92 Å². The fourth-order valence-electron chi connectivity index (χ4n) is 2.20. The molecule has 1 aliphatic heterocycles. The molecule has 0 unspecified atom stereocenters. The van der Waals surface area contributed by atoms with Gasteiger partial charge in [-0.05, 0) is 42.8 Å². The first-order valence-corrected chi connectivity index (χ1v) is 8.91. The Morgan fingerprint density at radius 3 is 2.50 bits per heavy atom. The van der Waals surface area contributed by atoms with Crippen LogP contribution in [-0.2, 0) is 10.0 Å². The Labute approximate surface area is 137 Å². The van der Waals surface area contributed by atoms with Crippen molar-refractivity contribution in [3.05, 3.63) is 46.4 Å². The van der Waals surface area contributed by atoms with Gasteiger partial charge in [0.05, 0.1) is 10.6 Å². The Hall–Kier alpha value is -1.73. The van der Waals surface area contributed by atoms with E-state index in [2.05, 4.69) is 20.7 Å². The van der Waals surface area contributed by atoms with E-state index < -0.39 is 10.0 Å². The highest BCUT2D eigenvalue weighted by atomic mass is 79.9. The fraction of sp³-hybridized carbons (Fsp3) is 0.200. The van der Waals surface area contributed by atoms with Gasteiger partial charge in [0.25, 0.3) is 10.0 Å². The molecule has 22 heavy (non-hydrogen) atoms. The highest BCUT2D eigenvalue weighted by Crippen LogP contribution is 2.33. The van der Waals surface area contributed by atoms with E-state index in [1.165, 1.54) is 12.1 Å². The topological polar surface area (TPSA) is 64.6 Å². The van der Waals surface area contributed by atoms with Crippen molar-refractivity contribution >= 4 is 31.6 Å². The van der Waals surface area contributed by atoms with Crippen molar-refractivity contribution in [2.75, 3.05) is 17.9 Å². The van der Waals surface area contributed by atoms with Crippen molar-refractivity contribution in [3.8, 4) is 11.5 Å². The van der Waals surface area contributed by atoms with Gasteiger partial charge in [-0.2, -0.15) is 0 Å². The number of anilines is 1. The molecule has 2 aromatic rings. The van der Waals surface area contributed by atoms with E-state index in [1.54, 1.807) is 18.2 Å². The summed E-state index contributed by atoms with van der Waals surface area (Å²) in [6.45, 7) is 2.77. The average molecular weight is 384 g/mol. The summed E-state index contributed by atoms with van der Waals surface area (Å²) in [5, 5.41) is 0. The lowest BCUT2D eigenvalue weighted by Gasteiger charge is -2.19. The third kappa shape index (κ3) is 3.20. The van der Waals surface area contributed by atoms with Crippen molar-refractivity contribution < 1.29 is 17.9 Å². The molecule has 5 nitrogen and oxygen atoms in total. The molecule has 0 saturated heterocycles. The van der Waals surface area contributed by atoms with E-state index in [0.29, 0.717) is 30.4 Å². The number of hydrogen-bond donors (Lipinski definition) is 1. The van der Waals surface area contributed by atoms with Crippen LogP contribution >= 0.6 is 15.9 Å². The smallest absolute Gasteiger partial charge is 0.262 e. The van der Waals surface area contributed by atoms with Crippen molar-refractivity contribution in [1.29, 1.82) is 0 Å². The second kappa shape index (κ2) is 5.81. The maximum absolute atomic E-state index is 12.5. The number of rotatable bonds is 3. The highest BCUT2D eigenvalue weighted by Gasteiger charge is 2.19. The van der Waals surface area contributed by atoms with Gasteiger partial charge in [0.2, 0.25) is 0 Å². The minimum absolute atomic E-state index is 0.134. The van der Waals surface area contributed by atoms with Gasteiger partial charge in [-0.15, -0.1) is 0 Å². The van der Waals surface area contributed by atoms with Gasteiger partial charge in [0.1, 0.15) is 13.2 Å². The lowest BCUT2D eigenvalue weighted by atomic mass is 10.2. The predicted octanol–water partition coefficient (Wildman–Crippen LogP) is 3.33. The number of nitrogens with one attached hydrogen (secondary N) is 1. The van der Waals surface area contributed by atoms with Gasteiger partial charge < -0.3 is 9.47 Å². The Kier molecular flexibility index (Phi) is 4.01. The zero-order valence-electron chi connectivity index (χ0n) is 11.8. The summed E-state index contributed by atoms with van der Waals surface area (Å²) >= 11 is 3.35. The molecule has 0 atom stereocenters. The van der Waals surface area contributed by atoms with Crippen molar-refractivity contribution in [2.45, 2.75) is 11.8 Å². The highest BCUT2D eigenvalue weighted by molar-refractivity contribution is 9.10. The van der Waals surface area contributed by atoms with Crippen LogP contribution in [0.3, 0.4) is 0 Å². The van der Waals surface area contributed by atoms with Crippen LogP contribution < -0.4 is 14.2 Å². The maximum Gasteiger partial charge on any atom is 0.262 e. The molecule has 0 aliphatic carbocycles. The zero-order valence-corrected chi connectivity index (χ0v) is 14.2. The van der Waals surface area contributed by atoms with E-state index >= 15 is 0 Å². The van der Waals surface area contributed by atoms with Crippen LogP contribution in [0.5, 0.6) is 11.5 Å². The maximum atomic E-state index is 12.5. The van der Waals surface area contributed by atoms with E-state index in [-0.39, 0.29) is 4.90 Å². The molecular weight excluding hydrogens is 370 g/mol. The van der Waals surface area contributed by atoms with Crippen molar-refractivity contribution in [1.82, 2.24) is 0 Å². The molecule has 0 aromatic heterocycles. The third-order valence-corrected chi connectivity index (χ3v) is 4.96. The van der Waals surface area contributed by atoms with Crippen LogP contribution in [0.1, 0.15) is 5.56 Å². The van der Waals surface area contributed by atoms with Gasteiger partial charge >= 0.3 is 0 Å². The average Bonchev–Trinajstić information content (AvgIpc) is 2.45. The zero-order chi connectivity index (χ0) is 15.7. The number of fused-ring (bicyclic) bond motifs is 1. The number of ether oxygens (including phenoxy) is 2. The van der Waals surface area contributed by atoms with Gasteiger partial charge in [-0.3, -0.25) is 4.72 Å². The first-order chi connectivity index (χ1) is 10.4. The monoisotopic (exact) mass is 383 g/mol. The van der Waals surface area contributed by atoms with Crippen LogP contribution in [0.2, 0.25) is 0 Å². The summed E-state index contributed by atoms with van der Waals surface area (Å²) in [5.41, 5.74) is 1.45. The molecule has 0 bridgehead atoms. The van der Waals surface area contributed by atoms with Crippen LogP contribution in [0.4, 0.5) is 5.69 Å². The Morgan fingerprint density at radius 1 is 1.05 bits per heavy atom. The summed E-state index contributed by atoms with van der Waals surface area (Å²) in [7, 11) is -3.69. The van der Waals surface area contributed by atoms with E-state index in [4.69, 9.17) is 9.47 Å². The number of aryl methyl sites for hydroxylation is 1. The molecule has 0 radical (unpaired) electrons. The van der Waals surface area contributed by atoms with Gasteiger partial charge in [-0.1, -0.05) is 15.9 Å². The second-order valence-electron chi connectivity index (χ2n) is 4.93. The van der Waals surface area contributed by atoms with Crippen LogP contribution in [-0.4, -0.2) is 21.6 Å². The Balaban J connectivity index is 1.92. The first kappa shape index (κ1) is 15.2. The van der Waals surface area contributed by atoms with E-state index in [9.17, 15) is 8.42 Å². The summed E-state index contributed by atoms with van der Waals surface area (Å²) in [4.78, 5) is 0.134. The third-order valence-electron chi connectivity index (χ3n) is 3.12. The summed E-state index contributed by atoms with van der Waals surface area (Å²) in [6, 6.07) is 9.96. The van der Waals surface area contributed by atoms with Gasteiger partial charge in [-0.25, -0.2) is 8.42 Å². The predicted molar refractivity (Wildman–Crippen MR) is 87.1 cm³/mol. The lowest BCUT2D eigenvalue weighted by molar-refractivity contribution is 0.171. The molecule has 3 rings (SSSR count). The molecule has 7 heteroatoms. The van der Waals surface area contributed by atoms with Gasteiger partial charge in [0.15, 0.2) is 11.5 Å². The standard InChI is InChI=1S/C15H14BrNO4S/c1-10-6-11(16)8-12(7-10)17-22(18,19)13-2-3-14-15(9-13)21-5-4-20-14/h2-3,6-9,17H,4-5H2,1H3. The molecule has 2 aromatic carbocycles.